The number of amides is 1. The van der Waals surface area contributed by atoms with Crippen LogP contribution in [0.4, 0.5) is 11.4 Å². The molecular weight excluding hydrogens is 272 g/mol. The maximum atomic E-state index is 12.0. The van der Waals surface area contributed by atoms with Crippen LogP contribution in [0.5, 0.6) is 0 Å². The van der Waals surface area contributed by atoms with Crippen molar-refractivity contribution in [2.24, 2.45) is 11.7 Å². The van der Waals surface area contributed by atoms with Crippen molar-refractivity contribution in [3.63, 3.8) is 0 Å². The van der Waals surface area contributed by atoms with Crippen LogP contribution in [-0.4, -0.2) is 37.0 Å². The molecule has 0 saturated heterocycles. The van der Waals surface area contributed by atoms with Crippen LogP contribution in [0.15, 0.2) is 24.3 Å². The number of hydrogen-bond donors (Lipinski definition) is 2. The maximum absolute atomic E-state index is 12.0. The molecule has 21 heavy (non-hydrogen) atoms. The average Bonchev–Trinajstić information content (AvgIpc) is 3.29. The Morgan fingerprint density at radius 3 is 2.76 bits per heavy atom. The van der Waals surface area contributed by atoms with Crippen molar-refractivity contribution in [3.8, 4) is 0 Å². The summed E-state index contributed by atoms with van der Waals surface area (Å²) in [6.45, 7) is 0.486. The number of carbonyl (C=O) groups is 1. The molecule has 1 aliphatic carbocycles. The van der Waals surface area contributed by atoms with Gasteiger partial charge in [0, 0.05) is 25.7 Å². The summed E-state index contributed by atoms with van der Waals surface area (Å²) in [5.41, 5.74) is 6.07. The number of anilines is 1. The third kappa shape index (κ3) is 3.91. The number of nitrogens with zero attached hydrogens (tertiary/aromatic N) is 2. The topological polar surface area (TPSA) is 102 Å². The van der Waals surface area contributed by atoms with Crippen molar-refractivity contribution in [2.75, 3.05) is 25.0 Å². The molecule has 114 valence electrons. The lowest BCUT2D eigenvalue weighted by Gasteiger charge is -2.21. The summed E-state index contributed by atoms with van der Waals surface area (Å²) in [5, 5.41) is 13.9. The minimum atomic E-state index is -0.448. The molecule has 7 heteroatoms. The van der Waals surface area contributed by atoms with Crippen molar-refractivity contribution < 1.29 is 9.72 Å². The average molecular weight is 292 g/mol. The molecule has 1 amide bonds. The van der Waals surface area contributed by atoms with Crippen molar-refractivity contribution in [1.82, 2.24) is 5.32 Å². The van der Waals surface area contributed by atoms with Crippen LogP contribution < -0.4 is 16.0 Å². The van der Waals surface area contributed by atoms with Crippen LogP contribution in [0.25, 0.3) is 0 Å². The summed E-state index contributed by atoms with van der Waals surface area (Å²) in [5.74, 6) is 0.313. The summed E-state index contributed by atoms with van der Waals surface area (Å²) in [4.78, 5) is 24.2. The lowest BCUT2D eigenvalue weighted by atomic mass is 10.2. The van der Waals surface area contributed by atoms with Gasteiger partial charge in [0.05, 0.1) is 11.5 Å². The Hall–Kier alpha value is -2.15. The maximum Gasteiger partial charge on any atom is 0.292 e. The predicted octanol–water partition coefficient (Wildman–Crippen LogP) is 0.885. The molecule has 0 heterocycles. The van der Waals surface area contributed by atoms with Gasteiger partial charge in [-0.1, -0.05) is 12.1 Å². The summed E-state index contributed by atoms with van der Waals surface area (Å²) in [7, 11) is 1.66. The minimum Gasteiger partial charge on any atom is -0.360 e. The van der Waals surface area contributed by atoms with E-state index < -0.39 is 4.92 Å². The second-order valence-electron chi connectivity index (χ2n) is 5.35. The van der Waals surface area contributed by atoms with Gasteiger partial charge >= 0.3 is 0 Å². The second kappa shape index (κ2) is 6.53. The highest BCUT2D eigenvalue weighted by molar-refractivity contribution is 5.82. The first-order valence-electron chi connectivity index (χ1n) is 6.97. The Balaban J connectivity index is 1.99. The molecule has 0 radical (unpaired) electrons. The van der Waals surface area contributed by atoms with Gasteiger partial charge < -0.3 is 16.0 Å². The van der Waals surface area contributed by atoms with Gasteiger partial charge in [-0.3, -0.25) is 14.9 Å². The van der Waals surface area contributed by atoms with Crippen molar-refractivity contribution in [2.45, 2.75) is 18.9 Å². The van der Waals surface area contributed by atoms with Gasteiger partial charge in [-0.05, 0) is 24.8 Å². The highest BCUT2D eigenvalue weighted by Gasteiger charge is 2.31. The van der Waals surface area contributed by atoms with E-state index in [2.05, 4.69) is 5.32 Å². The Morgan fingerprint density at radius 1 is 1.52 bits per heavy atom. The quantitative estimate of drug-likeness (QED) is 0.574. The number of rotatable bonds is 7. The van der Waals surface area contributed by atoms with E-state index >= 15 is 0 Å². The van der Waals surface area contributed by atoms with E-state index in [-0.39, 0.29) is 24.2 Å². The number of nitrogens with two attached hydrogens (primary N) is 1. The molecule has 0 bridgehead atoms. The summed E-state index contributed by atoms with van der Waals surface area (Å²) in [6, 6.07) is 6.39. The highest BCUT2D eigenvalue weighted by Crippen LogP contribution is 2.32. The van der Waals surface area contributed by atoms with Crippen LogP contribution in [0.1, 0.15) is 12.8 Å². The summed E-state index contributed by atoms with van der Waals surface area (Å²) in [6.07, 6.45) is 2.20. The first-order chi connectivity index (χ1) is 10.0. The molecule has 0 aromatic heterocycles. The minimum absolute atomic E-state index is 0.00892. The first kappa shape index (κ1) is 15.2. The predicted molar refractivity (Wildman–Crippen MR) is 80.1 cm³/mol. The molecule has 1 aromatic carbocycles. The van der Waals surface area contributed by atoms with E-state index in [0.29, 0.717) is 18.2 Å². The number of nitro benzene ring substituents is 1. The van der Waals surface area contributed by atoms with Crippen molar-refractivity contribution in [1.29, 1.82) is 0 Å². The lowest BCUT2D eigenvalue weighted by Crippen LogP contribution is -2.45. The molecule has 7 nitrogen and oxygen atoms in total. The third-order valence-electron chi connectivity index (χ3n) is 3.66. The molecule has 1 aliphatic rings. The smallest absolute Gasteiger partial charge is 0.292 e. The molecule has 2 rings (SSSR count). The van der Waals surface area contributed by atoms with Gasteiger partial charge in [-0.25, -0.2) is 0 Å². The molecule has 3 N–H and O–H groups in total. The zero-order valence-electron chi connectivity index (χ0n) is 12.0. The van der Waals surface area contributed by atoms with E-state index in [1.54, 1.807) is 30.1 Å². The number of nitro groups is 1. The highest BCUT2D eigenvalue weighted by atomic mass is 16.6. The monoisotopic (exact) mass is 292 g/mol. The lowest BCUT2D eigenvalue weighted by molar-refractivity contribution is -0.384. The fourth-order valence-corrected chi connectivity index (χ4v) is 2.36. The van der Waals surface area contributed by atoms with E-state index in [0.717, 1.165) is 12.8 Å². The van der Waals surface area contributed by atoms with E-state index in [1.165, 1.54) is 6.07 Å². The van der Waals surface area contributed by atoms with Gasteiger partial charge in [0.2, 0.25) is 5.91 Å². The zero-order chi connectivity index (χ0) is 15.4. The normalized spacial score (nSPS) is 15.3. The SMILES string of the molecule is CN(CC(=O)NC(CN)C1CC1)c1ccccc1[N+](=O)[O-]. The van der Waals surface area contributed by atoms with Gasteiger partial charge in [0.15, 0.2) is 0 Å². The Kier molecular flexibility index (Phi) is 4.74. The number of benzene rings is 1. The Bertz CT molecular complexity index is 531. The van der Waals surface area contributed by atoms with Crippen molar-refractivity contribution >= 4 is 17.3 Å². The molecule has 1 saturated carbocycles. The fraction of sp³-hybridized carbons (Fsp3) is 0.500. The van der Waals surface area contributed by atoms with E-state index in [4.69, 9.17) is 5.73 Å². The number of hydrogen-bond acceptors (Lipinski definition) is 5. The Morgan fingerprint density at radius 2 is 2.19 bits per heavy atom. The molecular formula is C14H20N4O3. The van der Waals surface area contributed by atoms with Crippen LogP contribution in [0.3, 0.4) is 0 Å². The fourth-order valence-electron chi connectivity index (χ4n) is 2.36. The molecule has 1 atom stereocenters. The Labute approximate surface area is 123 Å². The number of para-hydroxylation sites is 2. The van der Waals surface area contributed by atoms with E-state index in [1.807, 2.05) is 0 Å². The van der Waals surface area contributed by atoms with Gasteiger partial charge in [-0.2, -0.15) is 0 Å². The van der Waals surface area contributed by atoms with Crippen molar-refractivity contribution in [3.05, 3.63) is 34.4 Å². The molecule has 1 unspecified atom stereocenters. The van der Waals surface area contributed by atoms with Crippen LogP contribution in [0, 0.1) is 16.0 Å². The van der Waals surface area contributed by atoms with Gasteiger partial charge in [0.1, 0.15) is 5.69 Å². The number of likely N-dealkylation sites (N-methyl/N-ethyl adjacent to an activating group) is 1. The summed E-state index contributed by atoms with van der Waals surface area (Å²) >= 11 is 0. The first-order valence-corrected chi connectivity index (χ1v) is 6.97. The zero-order valence-corrected chi connectivity index (χ0v) is 12.0. The van der Waals surface area contributed by atoms with E-state index in [9.17, 15) is 14.9 Å². The molecule has 1 fully saturated rings. The van der Waals surface area contributed by atoms with Crippen LogP contribution in [-0.2, 0) is 4.79 Å². The number of carbonyl (C=O) groups excluding carboxylic acids is 1. The third-order valence-corrected chi connectivity index (χ3v) is 3.66. The summed E-state index contributed by atoms with van der Waals surface area (Å²) < 4.78 is 0. The van der Waals surface area contributed by atoms with Gasteiger partial charge in [-0.15, -0.1) is 0 Å². The van der Waals surface area contributed by atoms with Gasteiger partial charge in [0.25, 0.3) is 5.69 Å². The molecule has 1 aromatic rings. The second-order valence-corrected chi connectivity index (χ2v) is 5.35. The molecule has 0 spiro atoms. The van der Waals surface area contributed by atoms with Crippen LogP contribution in [0.2, 0.25) is 0 Å². The number of nitrogens with one attached hydrogen (secondary N) is 1. The standard InChI is InChI=1S/C14H20N4O3/c1-17(12-4-2-3-5-13(12)18(20)21)9-14(19)16-11(8-15)10-6-7-10/h2-5,10-11H,6-9,15H2,1H3,(H,16,19). The van der Waals surface area contributed by atoms with Crippen LogP contribution >= 0.6 is 0 Å². The molecule has 0 aliphatic heterocycles. The largest absolute Gasteiger partial charge is 0.360 e.